The van der Waals surface area contributed by atoms with E-state index in [1.165, 1.54) is 40.0 Å². The lowest BCUT2D eigenvalue weighted by Crippen LogP contribution is -3.12. The van der Waals surface area contributed by atoms with Gasteiger partial charge in [-0.15, -0.1) is 0 Å². The SMILES string of the molecule is C[NH+]1CCN(S(=O)(=O)c2ccc(SCC(=O)N3CCCCCC3)nc2)CC1. The summed E-state index contributed by atoms with van der Waals surface area (Å²) in [6.07, 6.45) is 5.97. The van der Waals surface area contributed by atoms with Gasteiger partial charge in [0.1, 0.15) is 4.90 Å². The summed E-state index contributed by atoms with van der Waals surface area (Å²) in [6, 6.07) is 3.31. The third-order valence-electron chi connectivity index (χ3n) is 5.23. The van der Waals surface area contributed by atoms with Gasteiger partial charge in [-0.05, 0) is 25.0 Å². The fourth-order valence-corrected chi connectivity index (χ4v) is 5.54. The highest BCUT2D eigenvalue weighted by Gasteiger charge is 2.29. The van der Waals surface area contributed by atoms with Crippen molar-refractivity contribution in [1.82, 2.24) is 14.2 Å². The van der Waals surface area contributed by atoms with Crippen LogP contribution in [-0.4, -0.2) is 80.6 Å². The number of aromatic nitrogens is 1. The summed E-state index contributed by atoms with van der Waals surface area (Å²) in [4.78, 5) is 20.1. The van der Waals surface area contributed by atoms with Crippen LogP contribution in [-0.2, 0) is 14.8 Å². The number of amides is 1. The van der Waals surface area contributed by atoms with E-state index in [4.69, 9.17) is 0 Å². The van der Waals surface area contributed by atoms with E-state index in [1.54, 1.807) is 12.1 Å². The Hall–Kier alpha value is -1.16. The summed E-state index contributed by atoms with van der Waals surface area (Å²) < 4.78 is 27.0. The van der Waals surface area contributed by atoms with Crippen molar-refractivity contribution >= 4 is 27.7 Å². The van der Waals surface area contributed by atoms with Crippen molar-refractivity contribution < 1.29 is 18.1 Å². The van der Waals surface area contributed by atoms with Crippen molar-refractivity contribution in [1.29, 1.82) is 0 Å². The maximum atomic E-state index is 12.7. The summed E-state index contributed by atoms with van der Waals surface area (Å²) in [7, 11) is -1.41. The zero-order valence-corrected chi connectivity index (χ0v) is 17.5. The molecule has 1 amide bonds. The van der Waals surface area contributed by atoms with E-state index in [1.807, 2.05) is 4.90 Å². The van der Waals surface area contributed by atoms with E-state index in [0.717, 1.165) is 39.0 Å². The van der Waals surface area contributed by atoms with E-state index < -0.39 is 10.0 Å². The molecule has 2 saturated heterocycles. The Morgan fingerprint density at radius 1 is 1.11 bits per heavy atom. The Morgan fingerprint density at radius 2 is 1.78 bits per heavy atom. The Labute approximate surface area is 166 Å². The fourth-order valence-electron chi connectivity index (χ4n) is 3.41. The van der Waals surface area contributed by atoms with Crippen LogP contribution in [0.25, 0.3) is 0 Å². The van der Waals surface area contributed by atoms with Gasteiger partial charge >= 0.3 is 0 Å². The van der Waals surface area contributed by atoms with Crippen LogP contribution in [0.3, 0.4) is 0 Å². The van der Waals surface area contributed by atoms with Crippen molar-refractivity contribution in [3.63, 3.8) is 0 Å². The molecule has 27 heavy (non-hydrogen) atoms. The highest BCUT2D eigenvalue weighted by molar-refractivity contribution is 7.99. The summed E-state index contributed by atoms with van der Waals surface area (Å²) in [6.45, 7) is 4.40. The maximum Gasteiger partial charge on any atom is 0.245 e. The number of rotatable bonds is 5. The topological polar surface area (TPSA) is 75.0 Å². The smallest absolute Gasteiger partial charge is 0.245 e. The van der Waals surface area contributed by atoms with Crippen LogP contribution in [0.15, 0.2) is 28.3 Å². The predicted octanol–water partition coefficient (Wildman–Crippen LogP) is 0.0953. The van der Waals surface area contributed by atoms with Gasteiger partial charge in [0.05, 0.1) is 44.0 Å². The second-order valence-corrected chi connectivity index (χ2v) is 10.2. The molecule has 0 aromatic carbocycles. The van der Waals surface area contributed by atoms with E-state index in [-0.39, 0.29) is 10.8 Å². The number of carbonyl (C=O) groups excluding carboxylic acids is 1. The van der Waals surface area contributed by atoms with E-state index >= 15 is 0 Å². The van der Waals surface area contributed by atoms with Crippen LogP contribution in [0.5, 0.6) is 0 Å². The Morgan fingerprint density at radius 3 is 2.37 bits per heavy atom. The number of carbonyl (C=O) groups is 1. The highest BCUT2D eigenvalue weighted by atomic mass is 32.2. The molecule has 3 rings (SSSR count). The lowest BCUT2D eigenvalue weighted by molar-refractivity contribution is -0.883. The molecule has 0 spiro atoms. The van der Waals surface area contributed by atoms with Crippen molar-refractivity contribution in [2.75, 3.05) is 52.1 Å². The van der Waals surface area contributed by atoms with Gasteiger partial charge in [0.2, 0.25) is 15.9 Å². The minimum absolute atomic E-state index is 0.139. The third kappa shape index (κ3) is 5.43. The van der Waals surface area contributed by atoms with Gasteiger partial charge in [-0.25, -0.2) is 13.4 Å². The highest BCUT2D eigenvalue weighted by Crippen LogP contribution is 2.21. The molecule has 1 aromatic heterocycles. The molecule has 0 unspecified atom stereocenters. The summed E-state index contributed by atoms with van der Waals surface area (Å²) >= 11 is 1.37. The van der Waals surface area contributed by atoms with Gasteiger partial charge in [-0.2, -0.15) is 4.31 Å². The number of pyridine rings is 1. The van der Waals surface area contributed by atoms with Gasteiger partial charge in [0.25, 0.3) is 0 Å². The van der Waals surface area contributed by atoms with Gasteiger partial charge in [0, 0.05) is 19.3 Å². The first-order valence-electron chi connectivity index (χ1n) is 9.65. The molecule has 0 bridgehead atoms. The first kappa shape index (κ1) is 20.6. The lowest BCUT2D eigenvalue weighted by atomic mass is 10.2. The number of quaternary nitrogens is 1. The average molecular weight is 414 g/mol. The summed E-state index contributed by atoms with van der Waals surface area (Å²) in [5, 5.41) is 0.681. The first-order valence-corrected chi connectivity index (χ1v) is 12.1. The first-order chi connectivity index (χ1) is 13.0. The second kappa shape index (κ2) is 9.36. The lowest BCUT2D eigenvalue weighted by Gasteiger charge is -2.29. The van der Waals surface area contributed by atoms with E-state index in [2.05, 4.69) is 12.0 Å². The largest absolute Gasteiger partial charge is 0.342 e. The summed E-state index contributed by atoms with van der Waals surface area (Å²) in [5.74, 6) is 0.487. The van der Waals surface area contributed by atoms with Crippen LogP contribution in [0.4, 0.5) is 0 Å². The van der Waals surface area contributed by atoms with Gasteiger partial charge < -0.3 is 9.80 Å². The minimum Gasteiger partial charge on any atom is -0.342 e. The van der Waals surface area contributed by atoms with Crippen molar-refractivity contribution in [3.05, 3.63) is 18.3 Å². The van der Waals surface area contributed by atoms with Crippen LogP contribution in [0, 0.1) is 0 Å². The van der Waals surface area contributed by atoms with Crippen molar-refractivity contribution in [2.24, 2.45) is 0 Å². The van der Waals surface area contributed by atoms with E-state index in [9.17, 15) is 13.2 Å². The van der Waals surface area contributed by atoms with Gasteiger partial charge in [-0.1, -0.05) is 24.6 Å². The normalized spacial score (nSPS) is 20.4. The molecule has 0 atom stereocenters. The number of thioether (sulfide) groups is 1. The number of piperazine rings is 1. The third-order valence-corrected chi connectivity index (χ3v) is 8.04. The molecule has 0 aliphatic carbocycles. The fraction of sp³-hybridized carbons (Fsp3) is 0.667. The number of nitrogens with zero attached hydrogens (tertiary/aromatic N) is 3. The number of likely N-dealkylation sites (tertiary alicyclic amines) is 1. The number of hydrogen-bond donors (Lipinski definition) is 1. The number of likely N-dealkylation sites (N-methyl/N-ethyl adjacent to an activating group) is 1. The molecular weight excluding hydrogens is 384 g/mol. The molecule has 150 valence electrons. The zero-order chi connectivity index (χ0) is 19.3. The minimum atomic E-state index is -3.48. The number of sulfonamides is 1. The van der Waals surface area contributed by atoms with E-state index in [0.29, 0.717) is 23.9 Å². The standard InChI is InChI=1S/C18H28N4O3S2/c1-20-10-12-22(13-11-20)27(24,25)16-6-7-17(19-14-16)26-15-18(23)21-8-4-2-3-5-9-21/h6-7,14H,2-5,8-13,15H2,1H3/p+1. The van der Waals surface area contributed by atoms with Crippen molar-refractivity contribution in [3.8, 4) is 0 Å². The van der Waals surface area contributed by atoms with Gasteiger partial charge in [0.15, 0.2) is 0 Å². The molecule has 0 radical (unpaired) electrons. The second-order valence-electron chi connectivity index (χ2n) is 7.28. The number of hydrogen-bond acceptors (Lipinski definition) is 5. The van der Waals surface area contributed by atoms with Crippen LogP contribution < -0.4 is 4.90 Å². The maximum absolute atomic E-state index is 12.7. The van der Waals surface area contributed by atoms with Crippen LogP contribution >= 0.6 is 11.8 Å². The molecule has 3 heterocycles. The monoisotopic (exact) mass is 413 g/mol. The molecule has 1 N–H and O–H groups in total. The Kier molecular flexibility index (Phi) is 7.13. The molecule has 2 fully saturated rings. The molecule has 1 aromatic rings. The zero-order valence-electron chi connectivity index (χ0n) is 15.9. The van der Waals surface area contributed by atoms with Crippen molar-refractivity contribution in [2.45, 2.75) is 35.6 Å². The number of nitrogens with one attached hydrogen (secondary N) is 1. The summed E-state index contributed by atoms with van der Waals surface area (Å²) in [5.41, 5.74) is 0. The molecular formula is C18H29N4O3S2+. The Bertz CT molecular complexity index is 723. The molecule has 7 nitrogen and oxygen atoms in total. The Balaban J connectivity index is 1.56. The van der Waals surface area contributed by atoms with Crippen LogP contribution in [0.2, 0.25) is 0 Å². The quantitative estimate of drug-likeness (QED) is 0.693. The van der Waals surface area contributed by atoms with Gasteiger partial charge in [-0.3, -0.25) is 4.79 Å². The predicted molar refractivity (Wildman–Crippen MR) is 105 cm³/mol. The molecule has 0 saturated carbocycles. The average Bonchev–Trinajstić information content (AvgIpc) is 2.96. The molecule has 9 heteroatoms. The van der Waals surface area contributed by atoms with Crippen LogP contribution in [0.1, 0.15) is 25.7 Å². The molecule has 2 aliphatic heterocycles. The molecule has 2 aliphatic rings.